The van der Waals surface area contributed by atoms with Crippen LogP contribution in [0.2, 0.25) is 5.15 Å². The molecule has 3 aromatic rings. The molecule has 0 bridgehead atoms. The molecule has 4 rings (SSSR count). The summed E-state index contributed by atoms with van der Waals surface area (Å²) in [6.45, 7) is 2.20. The van der Waals surface area contributed by atoms with E-state index in [9.17, 15) is 5.11 Å². The Morgan fingerprint density at radius 3 is 2.86 bits per heavy atom. The van der Waals surface area contributed by atoms with E-state index in [1.807, 2.05) is 24.4 Å². The first kappa shape index (κ1) is 20.1. The zero-order chi connectivity index (χ0) is 20.4. The van der Waals surface area contributed by atoms with Crippen LogP contribution in [0.25, 0.3) is 10.6 Å². The first-order chi connectivity index (χ1) is 14.0. The van der Waals surface area contributed by atoms with E-state index in [4.69, 9.17) is 17.3 Å². The summed E-state index contributed by atoms with van der Waals surface area (Å²) in [4.78, 5) is 14.9. The summed E-state index contributed by atoms with van der Waals surface area (Å²) in [5.41, 5.74) is 7.30. The van der Waals surface area contributed by atoms with E-state index in [-0.39, 0.29) is 23.8 Å². The Hall–Kier alpha value is -2.18. The Bertz CT molecular complexity index is 1080. The van der Waals surface area contributed by atoms with Gasteiger partial charge < -0.3 is 16.2 Å². The number of halogens is 1. The molecular formula is C20H20ClN5OS2. The molecule has 0 radical (unpaired) electrons. The molecule has 1 aliphatic rings. The van der Waals surface area contributed by atoms with Crippen molar-refractivity contribution in [2.75, 3.05) is 17.7 Å². The van der Waals surface area contributed by atoms with Gasteiger partial charge in [-0.05, 0) is 44.2 Å². The number of aliphatic hydroxyl groups excluding tert-OH is 1. The van der Waals surface area contributed by atoms with Crippen LogP contribution in [-0.2, 0) is 0 Å². The third-order valence-electron chi connectivity index (χ3n) is 4.81. The van der Waals surface area contributed by atoms with Gasteiger partial charge in [-0.1, -0.05) is 23.4 Å². The number of hydrogen-bond donors (Lipinski definition) is 3. The van der Waals surface area contributed by atoms with Crippen LogP contribution >= 0.6 is 34.3 Å². The predicted molar refractivity (Wildman–Crippen MR) is 119 cm³/mol. The van der Waals surface area contributed by atoms with Crippen molar-refractivity contribution in [1.29, 1.82) is 0 Å². The van der Waals surface area contributed by atoms with Crippen molar-refractivity contribution in [2.24, 2.45) is 5.92 Å². The number of anilines is 2. The molecule has 150 valence electrons. The molecule has 4 N–H and O–H groups in total. The number of aromatic nitrogens is 3. The lowest BCUT2D eigenvalue weighted by Gasteiger charge is -2.15. The summed E-state index contributed by atoms with van der Waals surface area (Å²) in [5.74, 6) is 7.25. The Morgan fingerprint density at radius 2 is 2.14 bits per heavy atom. The smallest absolute Gasteiger partial charge is 0.223 e. The van der Waals surface area contributed by atoms with Crippen molar-refractivity contribution in [2.45, 2.75) is 32.2 Å². The molecule has 3 aromatic heterocycles. The first-order valence-corrected chi connectivity index (χ1v) is 11.3. The molecule has 1 fully saturated rings. The summed E-state index contributed by atoms with van der Waals surface area (Å²) < 4.78 is 0. The molecule has 1 saturated carbocycles. The zero-order valence-electron chi connectivity index (χ0n) is 15.8. The van der Waals surface area contributed by atoms with E-state index >= 15 is 0 Å². The van der Waals surface area contributed by atoms with Crippen molar-refractivity contribution in [3.63, 3.8) is 0 Å². The molecule has 0 aliphatic heterocycles. The zero-order valence-corrected chi connectivity index (χ0v) is 18.2. The van der Waals surface area contributed by atoms with E-state index in [2.05, 4.69) is 32.1 Å². The number of hydrogen-bond acceptors (Lipinski definition) is 8. The standard InChI is InChI=1S/C20H20ClN5OS2/c1-11-23-16(10-28-11)17-7-5-14(29-17)4-6-15-18(21)25-20(22)26-19(15)24-13-3-2-12(8-13)9-27/h5,7,10,12-13,27H,2-3,8-9H2,1H3,(H3,22,24,25,26). The Balaban J connectivity index is 1.58. The van der Waals surface area contributed by atoms with Crippen molar-refractivity contribution in [3.8, 4) is 22.4 Å². The van der Waals surface area contributed by atoms with Gasteiger partial charge in [-0.25, -0.2) is 4.98 Å². The normalized spacial score (nSPS) is 18.4. The average Bonchev–Trinajstić information content (AvgIpc) is 3.41. The van der Waals surface area contributed by atoms with Gasteiger partial charge in [-0.2, -0.15) is 9.97 Å². The molecular weight excluding hydrogens is 426 g/mol. The maximum atomic E-state index is 9.37. The van der Waals surface area contributed by atoms with E-state index in [0.29, 0.717) is 17.3 Å². The number of thiophene rings is 1. The van der Waals surface area contributed by atoms with Gasteiger partial charge >= 0.3 is 0 Å². The highest BCUT2D eigenvalue weighted by Crippen LogP contribution is 2.31. The van der Waals surface area contributed by atoms with E-state index in [0.717, 1.165) is 39.7 Å². The number of nitrogens with two attached hydrogens (primary N) is 1. The molecule has 9 heteroatoms. The van der Waals surface area contributed by atoms with Crippen LogP contribution in [0.1, 0.15) is 34.7 Å². The Morgan fingerprint density at radius 1 is 1.28 bits per heavy atom. The molecule has 0 amide bonds. The van der Waals surface area contributed by atoms with Gasteiger partial charge in [-0.3, -0.25) is 0 Å². The van der Waals surface area contributed by atoms with Crippen LogP contribution in [0.4, 0.5) is 11.8 Å². The highest BCUT2D eigenvalue weighted by Gasteiger charge is 2.25. The fourth-order valence-corrected chi connectivity index (χ4v) is 5.10. The number of rotatable bonds is 4. The highest BCUT2D eigenvalue weighted by molar-refractivity contribution is 7.16. The fraction of sp³-hybridized carbons (Fsp3) is 0.350. The summed E-state index contributed by atoms with van der Waals surface area (Å²) in [6, 6.07) is 4.21. The van der Waals surface area contributed by atoms with Gasteiger partial charge in [-0.15, -0.1) is 22.7 Å². The summed E-state index contributed by atoms with van der Waals surface area (Å²) in [5, 5.41) is 16.1. The lowest BCUT2D eigenvalue weighted by molar-refractivity contribution is 0.229. The van der Waals surface area contributed by atoms with Crippen LogP contribution in [0.15, 0.2) is 17.5 Å². The molecule has 2 atom stereocenters. The quantitative estimate of drug-likeness (QED) is 0.411. The fourth-order valence-electron chi connectivity index (χ4n) is 3.37. The van der Waals surface area contributed by atoms with Crippen LogP contribution in [0.5, 0.6) is 0 Å². The lowest BCUT2D eigenvalue weighted by Crippen LogP contribution is -2.19. The maximum absolute atomic E-state index is 9.37. The van der Waals surface area contributed by atoms with Crippen LogP contribution in [0.3, 0.4) is 0 Å². The summed E-state index contributed by atoms with van der Waals surface area (Å²) in [7, 11) is 0. The van der Waals surface area contributed by atoms with E-state index in [1.165, 1.54) is 0 Å². The molecule has 1 aliphatic carbocycles. The number of nitrogens with zero attached hydrogens (tertiary/aromatic N) is 3. The maximum Gasteiger partial charge on any atom is 0.223 e. The number of nitrogen functional groups attached to an aromatic ring is 1. The predicted octanol–water partition coefficient (Wildman–Crippen LogP) is 4.18. The van der Waals surface area contributed by atoms with Gasteiger partial charge in [0.15, 0.2) is 5.15 Å². The Labute approximate surface area is 182 Å². The lowest BCUT2D eigenvalue weighted by atomic mass is 10.1. The summed E-state index contributed by atoms with van der Waals surface area (Å²) >= 11 is 9.54. The highest BCUT2D eigenvalue weighted by atomic mass is 35.5. The molecule has 2 unspecified atom stereocenters. The van der Waals surface area contributed by atoms with E-state index < -0.39 is 0 Å². The topological polar surface area (TPSA) is 97.0 Å². The largest absolute Gasteiger partial charge is 0.396 e. The first-order valence-electron chi connectivity index (χ1n) is 9.26. The number of aliphatic hydroxyl groups is 1. The molecule has 0 aromatic carbocycles. The van der Waals surface area contributed by atoms with Gasteiger partial charge in [0.25, 0.3) is 0 Å². The Kier molecular flexibility index (Phi) is 6.01. The summed E-state index contributed by atoms with van der Waals surface area (Å²) in [6.07, 6.45) is 2.82. The average molecular weight is 446 g/mol. The second-order valence-corrected chi connectivity index (χ2v) is 9.47. The minimum absolute atomic E-state index is 0.108. The molecule has 6 nitrogen and oxygen atoms in total. The van der Waals surface area contributed by atoms with Gasteiger partial charge in [0.05, 0.1) is 20.5 Å². The minimum atomic E-state index is 0.108. The van der Waals surface area contributed by atoms with Crippen molar-refractivity contribution < 1.29 is 5.11 Å². The number of nitrogens with one attached hydrogen (secondary N) is 1. The van der Waals surface area contributed by atoms with Gasteiger partial charge in [0, 0.05) is 18.0 Å². The minimum Gasteiger partial charge on any atom is -0.396 e. The third-order valence-corrected chi connectivity index (χ3v) is 6.88. The van der Waals surface area contributed by atoms with Crippen LogP contribution in [-0.4, -0.2) is 32.7 Å². The molecule has 29 heavy (non-hydrogen) atoms. The third kappa shape index (κ3) is 4.70. The molecule has 0 spiro atoms. The second kappa shape index (κ2) is 8.67. The van der Waals surface area contributed by atoms with Crippen LogP contribution < -0.4 is 11.1 Å². The van der Waals surface area contributed by atoms with Gasteiger partial charge in [0.1, 0.15) is 11.4 Å². The van der Waals surface area contributed by atoms with Crippen molar-refractivity contribution in [3.05, 3.63) is 38.1 Å². The molecule has 3 heterocycles. The van der Waals surface area contributed by atoms with Crippen molar-refractivity contribution >= 4 is 46.0 Å². The SMILES string of the molecule is Cc1nc(-c2ccc(C#Cc3c(Cl)nc(N)nc3NC3CCC(CO)C3)s2)cs1. The monoisotopic (exact) mass is 445 g/mol. The number of thiazole rings is 1. The van der Waals surface area contributed by atoms with Crippen LogP contribution in [0, 0.1) is 24.7 Å². The second-order valence-electron chi connectivity index (χ2n) is 6.96. The molecule has 0 saturated heterocycles. The van der Waals surface area contributed by atoms with E-state index in [1.54, 1.807) is 22.7 Å². The van der Waals surface area contributed by atoms with Gasteiger partial charge in [0.2, 0.25) is 5.95 Å². The number of aryl methyl sites for hydroxylation is 1. The van der Waals surface area contributed by atoms with Crippen molar-refractivity contribution in [1.82, 2.24) is 15.0 Å².